The van der Waals surface area contributed by atoms with Gasteiger partial charge in [-0.3, -0.25) is 4.79 Å². The highest BCUT2D eigenvalue weighted by Crippen LogP contribution is 2.10. The van der Waals surface area contributed by atoms with Crippen LogP contribution in [0.25, 0.3) is 0 Å². The molecule has 0 aliphatic rings. The number of hydrogen-bond donors (Lipinski definition) is 3. The SMILES string of the molecule is CS(=O)(=O)c1ccc(CNC(=O)C(N)CO)cc1. The van der Waals surface area contributed by atoms with Crippen molar-refractivity contribution in [1.29, 1.82) is 0 Å². The van der Waals surface area contributed by atoms with Gasteiger partial charge in [0.2, 0.25) is 5.91 Å². The van der Waals surface area contributed by atoms with Crippen LogP contribution in [0.15, 0.2) is 29.2 Å². The van der Waals surface area contributed by atoms with Crippen molar-refractivity contribution in [3.63, 3.8) is 0 Å². The van der Waals surface area contributed by atoms with Crippen LogP contribution >= 0.6 is 0 Å². The van der Waals surface area contributed by atoms with Crippen molar-refractivity contribution in [2.45, 2.75) is 17.5 Å². The zero-order valence-electron chi connectivity index (χ0n) is 9.96. The number of nitrogens with one attached hydrogen (secondary N) is 1. The molecule has 0 aliphatic carbocycles. The zero-order valence-corrected chi connectivity index (χ0v) is 10.8. The van der Waals surface area contributed by atoms with Gasteiger partial charge in [0.05, 0.1) is 11.5 Å². The second-order valence-electron chi connectivity index (χ2n) is 3.92. The minimum absolute atomic E-state index is 0.227. The van der Waals surface area contributed by atoms with E-state index in [4.69, 9.17) is 10.8 Å². The maximum atomic E-state index is 11.3. The summed E-state index contributed by atoms with van der Waals surface area (Å²) in [5.74, 6) is -0.454. The number of amides is 1. The van der Waals surface area contributed by atoms with E-state index in [9.17, 15) is 13.2 Å². The largest absolute Gasteiger partial charge is 0.394 e. The number of carbonyl (C=O) groups excluding carboxylic acids is 1. The zero-order chi connectivity index (χ0) is 13.8. The number of aliphatic hydroxyl groups excluding tert-OH is 1. The van der Waals surface area contributed by atoms with Gasteiger partial charge in [0.25, 0.3) is 0 Å². The normalized spacial score (nSPS) is 13.1. The smallest absolute Gasteiger partial charge is 0.239 e. The summed E-state index contributed by atoms with van der Waals surface area (Å²) in [4.78, 5) is 11.5. The van der Waals surface area contributed by atoms with E-state index in [-0.39, 0.29) is 11.4 Å². The summed E-state index contributed by atoms with van der Waals surface area (Å²) >= 11 is 0. The van der Waals surface area contributed by atoms with E-state index >= 15 is 0 Å². The van der Waals surface area contributed by atoms with Crippen LogP contribution in [0.4, 0.5) is 0 Å². The van der Waals surface area contributed by atoms with Crippen molar-refractivity contribution in [1.82, 2.24) is 5.32 Å². The van der Waals surface area contributed by atoms with Gasteiger partial charge in [-0.25, -0.2) is 8.42 Å². The molecule has 7 heteroatoms. The highest BCUT2D eigenvalue weighted by molar-refractivity contribution is 7.90. The molecule has 100 valence electrons. The number of hydrogen-bond acceptors (Lipinski definition) is 5. The Balaban J connectivity index is 2.63. The van der Waals surface area contributed by atoms with Gasteiger partial charge in [-0.05, 0) is 17.7 Å². The monoisotopic (exact) mass is 272 g/mol. The average Bonchev–Trinajstić information content (AvgIpc) is 2.34. The lowest BCUT2D eigenvalue weighted by Gasteiger charge is -2.09. The molecular weight excluding hydrogens is 256 g/mol. The first-order valence-electron chi connectivity index (χ1n) is 5.27. The van der Waals surface area contributed by atoms with E-state index in [1.165, 1.54) is 12.1 Å². The van der Waals surface area contributed by atoms with E-state index in [1.807, 2.05) is 0 Å². The van der Waals surface area contributed by atoms with Crippen molar-refractivity contribution in [2.24, 2.45) is 5.73 Å². The molecule has 0 aliphatic heterocycles. The Labute approximate surface area is 106 Å². The van der Waals surface area contributed by atoms with Gasteiger partial charge in [0, 0.05) is 12.8 Å². The van der Waals surface area contributed by atoms with E-state index in [1.54, 1.807) is 12.1 Å². The third kappa shape index (κ3) is 4.10. The van der Waals surface area contributed by atoms with Crippen LogP contribution in [0, 0.1) is 0 Å². The first-order valence-corrected chi connectivity index (χ1v) is 7.17. The van der Waals surface area contributed by atoms with Crippen LogP contribution in [0.3, 0.4) is 0 Å². The van der Waals surface area contributed by atoms with Crippen LogP contribution in [0.2, 0.25) is 0 Å². The Kier molecular flexibility index (Phi) is 4.83. The van der Waals surface area contributed by atoms with Crippen molar-refractivity contribution < 1.29 is 18.3 Å². The predicted octanol–water partition coefficient (Wildman–Crippen LogP) is -0.974. The van der Waals surface area contributed by atoms with Gasteiger partial charge in [-0.2, -0.15) is 0 Å². The first kappa shape index (κ1) is 14.6. The molecule has 0 heterocycles. The molecule has 0 bridgehead atoms. The van der Waals surface area contributed by atoms with Crippen molar-refractivity contribution in [2.75, 3.05) is 12.9 Å². The molecule has 0 radical (unpaired) electrons. The van der Waals surface area contributed by atoms with Crippen LogP contribution < -0.4 is 11.1 Å². The average molecular weight is 272 g/mol. The number of nitrogens with two attached hydrogens (primary N) is 1. The summed E-state index contributed by atoms with van der Waals surface area (Å²) in [6.07, 6.45) is 1.13. The van der Waals surface area contributed by atoms with Crippen molar-refractivity contribution in [3.05, 3.63) is 29.8 Å². The minimum atomic E-state index is -3.21. The topological polar surface area (TPSA) is 109 Å². The molecule has 18 heavy (non-hydrogen) atoms. The lowest BCUT2D eigenvalue weighted by Crippen LogP contribution is -2.42. The van der Waals surface area contributed by atoms with Gasteiger partial charge in [0.15, 0.2) is 9.84 Å². The number of sulfone groups is 1. The molecule has 0 spiro atoms. The van der Waals surface area contributed by atoms with E-state index in [0.717, 1.165) is 11.8 Å². The third-order valence-corrected chi connectivity index (χ3v) is 3.48. The summed E-state index contributed by atoms with van der Waals surface area (Å²) in [7, 11) is -3.21. The molecule has 0 aromatic heterocycles. The van der Waals surface area contributed by atoms with Crippen LogP contribution in [-0.4, -0.2) is 38.3 Å². The lowest BCUT2D eigenvalue weighted by molar-refractivity contribution is -0.123. The number of aliphatic hydroxyl groups is 1. The second-order valence-corrected chi connectivity index (χ2v) is 5.94. The second kappa shape index (κ2) is 5.94. The van der Waals surface area contributed by atoms with Crippen LogP contribution in [0.1, 0.15) is 5.56 Å². The molecule has 1 rings (SSSR count). The third-order valence-electron chi connectivity index (χ3n) is 2.35. The van der Waals surface area contributed by atoms with E-state index < -0.39 is 28.4 Å². The quantitative estimate of drug-likeness (QED) is 0.638. The molecule has 1 atom stereocenters. The van der Waals surface area contributed by atoms with Gasteiger partial charge in [-0.15, -0.1) is 0 Å². The summed E-state index contributed by atoms with van der Waals surface area (Å²) in [6, 6.07) is 5.23. The number of rotatable bonds is 5. The highest BCUT2D eigenvalue weighted by Gasteiger charge is 2.11. The fraction of sp³-hybridized carbons (Fsp3) is 0.364. The first-order chi connectivity index (χ1) is 8.34. The minimum Gasteiger partial charge on any atom is -0.394 e. The fourth-order valence-electron chi connectivity index (χ4n) is 1.26. The van der Waals surface area contributed by atoms with Gasteiger partial charge in [0.1, 0.15) is 6.04 Å². The van der Waals surface area contributed by atoms with E-state index in [0.29, 0.717) is 0 Å². The summed E-state index contributed by atoms with van der Waals surface area (Å²) < 4.78 is 22.4. The molecule has 1 unspecified atom stereocenters. The summed E-state index contributed by atoms with van der Waals surface area (Å²) in [5.41, 5.74) is 6.07. The van der Waals surface area contributed by atoms with Crippen LogP contribution in [-0.2, 0) is 21.2 Å². The maximum Gasteiger partial charge on any atom is 0.239 e. The van der Waals surface area contributed by atoms with Crippen molar-refractivity contribution >= 4 is 15.7 Å². The van der Waals surface area contributed by atoms with Gasteiger partial charge in [-0.1, -0.05) is 12.1 Å². The molecule has 1 amide bonds. The molecule has 0 saturated heterocycles. The molecule has 6 nitrogen and oxygen atoms in total. The Morgan fingerprint density at radius 1 is 1.39 bits per heavy atom. The van der Waals surface area contributed by atoms with Gasteiger partial charge >= 0.3 is 0 Å². The Bertz CT molecular complexity index is 510. The maximum absolute atomic E-state index is 11.3. The van der Waals surface area contributed by atoms with Crippen molar-refractivity contribution in [3.8, 4) is 0 Å². The molecule has 4 N–H and O–H groups in total. The number of benzene rings is 1. The van der Waals surface area contributed by atoms with E-state index in [2.05, 4.69) is 5.32 Å². The molecule has 1 aromatic rings. The molecule has 0 saturated carbocycles. The molecule has 1 aromatic carbocycles. The Morgan fingerprint density at radius 3 is 2.39 bits per heavy atom. The summed E-state index contributed by atoms with van der Waals surface area (Å²) in [5, 5.41) is 11.2. The highest BCUT2D eigenvalue weighted by atomic mass is 32.2. The van der Waals surface area contributed by atoms with Gasteiger partial charge < -0.3 is 16.2 Å². The number of carbonyl (C=O) groups is 1. The Hall–Kier alpha value is -1.44. The standard InChI is InChI=1S/C11H16N2O4S/c1-18(16,17)9-4-2-8(3-5-9)6-13-11(15)10(12)7-14/h2-5,10,14H,6-7,12H2,1H3,(H,13,15). The van der Waals surface area contributed by atoms with Crippen LogP contribution in [0.5, 0.6) is 0 Å². The fourth-order valence-corrected chi connectivity index (χ4v) is 1.89. The predicted molar refractivity (Wildman–Crippen MR) is 66.5 cm³/mol. The molecular formula is C11H16N2O4S. The Morgan fingerprint density at radius 2 is 1.94 bits per heavy atom. The lowest BCUT2D eigenvalue weighted by atomic mass is 10.2. The summed E-state index contributed by atoms with van der Waals surface area (Å²) in [6.45, 7) is -0.185. The molecule has 0 fully saturated rings.